The number of piperidine rings is 1. The smallest absolute Gasteiger partial charge is 0.228 e. The summed E-state index contributed by atoms with van der Waals surface area (Å²) in [7, 11) is 1.99. The number of hydrogen-bond donors (Lipinski definition) is 2. The Balaban J connectivity index is 1.62. The van der Waals surface area contributed by atoms with Gasteiger partial charge in [0.15, 0.2) is 0 Å². The van der Waals surface area contributed by atoms with Gasteiger partial charge in [0.1, 0.15) is 0 Å². The van der Waals surface area contributed by atoms with Crippen molar-refractivity contribution in [1.82, 2.24) is 20.4 Å². The predicted molar refractivity (Wildman–Crippen MR) is 83.0 cm³/mol. The van der Waals surface area contributed by atoms with E-state index >= 15 is 0 Å². The topological polar surface area (TPSA) is 61.0 Å². The maximum atomic E-state index is 12.4. The molecule has 0 aliphatic carbocycles. The summed E-state index contributed by atoms with van der Waals surface area (Å²) in [4.78, 5) is 14.4. The molecule has 1 aromatic carbocycles. The number of H-pyrrole nitrogens is 1. The fraction of sp³-hybridized carbons (Fsp3) is 0.500. The lowest BCUT2D eigenvalue weighted by molar-refractivity contribution is -0.131. The minimum atomic E-state index is 0.201. The highest BCUT2D eigenvalue weighted by Crippen LogP contribution is 2.19. The SMILES string of the molecule is CNCC1CCN(C(=O)Cc2[nH]nc3ccccc23)CC1. The quantitative estimate of drug-likeness (QED) is 0.897. The molecule has 1 fully saturated rings. The molecule has 0 spiro atoms. The van der Waals surface area contributed by atoms with E-state index in [4.69, 9.17) is 0 Å². The number of carbonyl (C=O) groups excluding carboxylic acids is 1. The van der Waals surface area contributed by atoms with Gasteiger partial charge in [-0.1, -0.05) is 18.2 Å². The van der Waals surface area contributed by atoms with E-state index in [1.54, 1.807) is 0 Å². The third kappa shape index (κ3) is 3.08. The summed E-state index contributed by atoms with van der Waals surface area (Å²) in [5, 5.41) is 11.5. The molecular formula is C16H22N4O. The third-order valence-corrected chi connectivity index (χ3v) is 4.33. The number of nitrogens with zero attached hydrogens (tertiary/aromatic N) is 2. The lowest BCUT2D eigenvalue weighted by Gasteiger charge is -2.32. The van der Waals surface area contributed by atoms with Crippen LogP contribution in [0.4, 0.5) is 0 Å². The zero-order valence-electron chi connectivity index (χ0n) is 12.4. The molecule has 5 heteroatoms. The number of para-hydroxylation sites is 1. The van der Waals surface area contributed by atoms with Gasteiger partial charge in [0, 0.05) is 18.5 Å². The molecule has 0 unspecified atom stereocenters. The molecule has 2 N–H and O–H groups in total. The molecule has 0 bridgehead atoms. The molecular weight excluding hydrogens is 264 g/mol. The Morgan fingerprint density at radius 2 is 2.14 bits per heavy atom. The van der Waals surface area contributed by atoms with Crippen LogP contribution in [0.5, 0.6) is 0 Å². The summed E-state index contributed by atoms with van der Waals surface area (Å²) in [5.74, 6) is 0.902. The van der Waals surface area contributed by atoms with Crippen molar-refractivity contribution in [2.24, 2.45) is 5.92 Å². The Labute approximate surface area is 124 Å². The van der Waals surface area contributed by atoms with Crippen LogP contribution < -0.4 is 5.32 Å². The van der Waals surface area contributed by atoms with E-state index in [0.717, 1.165) is 49.1 Å². The number of hydrogen-bond acceptors (Lipinski definition) is 3. The van der Waals surface area contributed by atoms with Crippen molar-refractivity contribution in [1.29, 1.82) is 0 Å². The van der Waals surface area contributed by atoms with E-state index in [1.807, 2.05) is 36.2 Å². The van der Waals surface area contributed by atoms with Crippen LogP contribution in [0.3, 0.4) is 0 Å². The molecule has 1 saturated heterocycles. The van der Waals surface area contributed by atoms with E-state index in [2.05, 4.69) is 15.5 Å². The van der Waals surface area contributed by atoms with Crippen LogP contribution >= 0.6 is 0 Å². The first-order valence-corrected chi connectivity index (χ1v) is 7.62. The molecule has 5 nitrogen and oxygen atoms in total. The van der Waals surface area contributed by atoms with Crippen LogP contribution in [0.1, 0.15) is 18.5 Å². The molecule has 2 aromatic rings. The van der Waals surface area contributed by atoms with E-state index in [1.165, 1.54) is 0 Å². The summed E-state index contributed by atoms with van der Waals surface area (Å²) in [6, 6.07) is 7.92. The van der Waals surface area contributed by atoms with Gasteiger partial charge >= 0.3 is 0 Å². The van der Waals surface area contributed by atoms with E-state index in [-0.39, 0.29) is 5.91 Å². The average molecular weight is 286 g/mol. The summed E-state index contributed by atoms with van der Waals surface area (Å²) in [5.41, 5.74) is 1.85. The van der Waals surface area contributed by atoms with Crippen molar-refractivity contribution < 1.29 is 4.79 Å². The van der Waals surface area contributed by atoms with Crippen LogP contribution in [0.25, 0.3) is 10.9 Å². The number of aromatic nitrogens is 2. The number of nitrogens with one attached hydrogen (secondary N) is 2. The highest BCUT2D eigenvalue weighted by molar-refractivity contribution is 5.87. The highest BCUT2D eigenvalue weighted by Gasteiger charge is 2.23. The Bertz CT molecular complexity index is 614. The average Bonchev–Trinajstić information content (AvgIpc) is 2.92. The number of amides is 1. The standard InChI is InChI=1S/C16H22N4O/c1-17-11-12-6-8-20(9-7-12)16(21)10-15-13-4-2-3-5-14(13)18-19-15/h2-5,12,17H,6-11H2,1H3,(H,18,19). The zero-order valence-corrected chi connectivity index (χ0v) is 12.4. The Hall–Kier alpha value is -1.88. The monoisotopic (exact) mass is 286 g/mol. The molecule has 3 rings (SSSR count). The Morgan fingerprint density at radius 1 is 1.38 bits per heavy atom. The van der Waals surface area contributed by atoms with Crippen LogP contribution in [0, 0.1) is 5.92 Å². The minimum absolute atomic E-state index is 0.201. The molecule has 21 heavy (non-hydrogen) atoms. The van der Waals surface area contributed by atoms with Crippen LogP contribution in [0.15, 0.2) is 24.3 Å². The second-order valence-corrected chi connectivity index (χ2v) is 5.78. The maximum absolute atomic E-state index is 12.4. The van der Waals surface area contributed by atoms with Crippen molar-refractivity contribution >= 4 is 16.8 Å². The van der Waals surface area contributed by atoms with Crippen molar-refractivity contribution in [3.63, 3.8) is 0 Å². The normalized spacial score (nSPS) is 16.5. The van der Waals surface area contributed by atoms with Gasteiger partial charge < -0.3 is 10.2 Å². The molecule has 1 aromatic heterocycles. The van der Waals surface area contributed by atoms with Crippen molar-refractivity contribution in [2.75, 3.05) is 26.7 Å². The summed E-state index contributed by atoms with van der Waals surface area (Å²) < 4.78 is 0. The van der Waals surface area contributed by atoms with Crippen LogP contribution in [0.2, 0.25) is 0 Å². The lowest BCUT2D eigenvalue weighted by Crippen LogP contribution is -2.41. The first kappa shape index (κ1) is 14.1. The fourth-order valence-electron chi connectivity index (χ4n) is 3.09. The lowest BCUT2D eigenvalue weighted by atomic mass is 9.96. The molecule has 1 aliphatic heterocycles. The number of likely N-dealkylation sites (tertiary alicyclic amines) is 1. The molecule has 0 radical (unpaired) electrons. The predicted octanol–water partition coefficient (Wildman–Crippen LogP) is 1.56. The van der Waals surface area contributed by atoms with Gasteiger partial charge in [0.2, 0.25) is 5.91 Å². The molecule has 0 saturated carbocycles. The summed E-state index contributed by atoms with van der Waals surface area (Å²) >= 11 is 0. The molecule has 2 heterocycles. The Kier molecular flexibility index (Phi) is 4.20. The second kappa shape index (κ2) is 6.26. The van der Waals surface area contributed by atoms with Gasteiger partial charge in [-0.2, -0.15) is 5.10 Å². The molecule has 112 valence electrons. The first-order chi connectivity index (χ1) is 10.3. The van der Waals surface area contributed by atoms with Crippen molar-refractivity contribution in [3.8, 4) is 0 Å². The van der Waals surface area contributed by atoms with E-state index in [9.17, 15) is 4.79 Å². The Morgan fingerprint density at radius 3 is 2.90 bits per heavy atom. The first-order valence-electron chi connectivity index (χ1n) is 7.62. The number of benzene rings is 1. The van der Waals surface area contributed by atoms with Crippen LogP contribution in [-0.2, 0) is 11.2 Å². The van der Waals surface area contributed by atoms with Gasteiger partial charge in [0.05, 0.1) is 17.6 Å². The number of carbonyl (C=O) groups is 1. The van der Waals surface area contributed by atoms with Gasteiger partial charge in [-0.3, -0.25) is 9.89 Å². The highest BCUT2D eigenvalue weighted by atomic mass is 16.2. The van der Waals surface area contributed by atoms with E-state index in [0.29, 0.717) is 12.3 Å². The van der Waals surface area contributed by atoms with Gasteiger partial charge in [-0.15, -0.1) is 0 Å². The zero-order chi connectivity index (χ0) is 14.7. The number of rotatable bonds is 4. The minimum Gasteiger partial charge on any atom is -0.342 e. The summed E-state index contributed by atoms with van der Waals surface area (Å²) in [6.07, 6.45) is 2.60. The number of fused-ring (bicyclic) bond motifs is 1. The van der Waals surface area contributed by atoms with E-state index < -0.39 is 0 Å². The maximum Gasteiger partial charge on any atom is 0.228 e. The molecule has 1 aliphatic rings. The van der Waals surface area contributed by atoms with Gasteiger partial charge in [-0.25, -0.2) is 0 Å². The fourth-order valence-corrected chi connectivity index (χ4v) is 3.09. The van der Waals surface area contributed by atoms with Gasteiger partial charge in [-0.05, 0) is 38.4 Å². The van der Waals surface area contributed by atoms with Crippen molar-refractivity contribution in [2.45, 2.75) is 19.3 Å². The van der Waals surface area contributed by atoms with Gasteiger partial charge in [0.25, 0.3) is 0 Å². The largest absolute Gasteiger partial charge is 0.342 e. The van der Waals surface area contributed by atoms with Crippen LogP contribution in [-0.4, -0.2) is 47.7 Å². The summed E-state index contributed by atoms with van der Waals surface area (Å²) in [6.45, 7) is 2.79. The van der Waals surface area contributed by atoms with Crippen molar-refractivity contribution in [3.05, 3.63) is 30.0 Å². The number of aromatic amines is 1. The second-order valence-electron chi connectivity index (χ2n) is 5.78. The third-order valence-electron chi connectivity index (χ3n) is 4.33. The molecule has 0 atom stereocenters. The molecule has 1 amide bonds.